The van der Waals surface area contributed by atoms with Crippen LogP contribution in [0, 0.1) is 0 Å². The van der Waals surface area contributed by atoms with Gasteiger partial charge in [0, 0.05) is 37.0 Å². The standard InChI is InChI=1S/C17H24N2O2/c1-4-15(5-2)19(10-11-21-3)17(20)14-7-6-13-8-9-18-16(13)12-14/h6-9,12,15,18H,4-5,10-11H2,1-3H3. The maximum Gasteiger partial charge on any atom is 0.254 e. The predicted octanol–water partition coefficient (Wildman–Crippen LogP) is 3.45. The number of amides is 1. The molecule has 0 fully saturated rings. The summed E-state index contributed by atoms with van der Waals surface area (Å²) in [5.41, 5.74) is 1.73. The fourth-order valence-electron chi connectivity index (χ4n) is 2.72. The number of carbonyl (C=O) groups excluding carboxylic acids is 1. The smallest absolute Gasteiger partial charge is 0.254 e. The molecule has 0 spiro atoms. The van der Waals surface area contributed by atoms with Crippen LogP contribution in [0.2, 0.25) is 0 Å². The second kappa shape index (κ2) is 7.27. The Bertz CT molecular complexity index is 587. The van der Waals surface area contributed by atoms with Gasteiger partial charge in [-0.25, -0.2) is 0 Å². The number of H-pyrrole nitrogens is 1. The van der Waals surface area contributed by atoms with E-state index >= 15 is 0 Å². The van der Waals surface area contributed by atoms with Gasteiger partial charge in [-0.05, 0) is 36.4 Å². The van der Waals surface area contributed by atoms with E-state index < -0.39 is 0 Å². The Morgan fingerprint density at radius 3 is 2.71 bits per heavy atom. The van der Waals surface area contributed by atoms with Gasteiger partial charge in [0.2, 0.25) is 0 Å². The number of benzene rings is 1. The number of hydrogen-bond acceptors (Lipinski definition) is 2. The van der Waals surface area contributed by atoms with Crippen LogP contribution in [0.4, 0.5) is 0 Å². The van der Waals surface area contributed by atoms with Gasteiger partial charge in [0.1, 0.15) is 0 Å². The summed E-state index contributed by atoms with van der Waals surface area (Å²) in [6.07, 6.45) is 3.80. The molecule has 0 bridgehead atoms. The third-order valence-corrected chi connectivity index (χ3v) is 3.98. The van der Waals surface area contributed by atoms with E-state index in [1.54, 1.807) is 7.11 Å². The van der Waals surface area contributed by atoms with Crippen molar-refractivity contribution in [3.8, 4) is 0 Å². The molecule has 0 saturated carbocycles. The fraction of sp³-hybridized carbons (Fsp3) is 0.471. The summed E-state index contributed by atoms with van der Waals surface area (Å²) < 4.78 is 5.16. The minimum atomic E-state index is 0.0808. The molecule has 0 saturated heterocycles. The highest BCUT2D eigenvalue weighted by Crippen LogP contribution is 2.18. The molecular formula is C17H24N2O2. The highest BCUT2D eigenvalue weighted by Gasteiger charge is 2.22. The topological polar surface area (TPSA) is 45.3 Å². The number of aromatic nitrogens is 1. The van der Waals surface area contributed by atoms with Gasteiger partial charge in [0.15, 0.2) is 0 Å². The average molecular weight is 288 g/mol. The number of aromatic amines is 1. The molecule has 0 atom stereocenters. The maximum atomic E-state index is 12.8. The Kier molecular flexibility index (Phi) is 5.39. The van der Waals surface area contributed by atoms with Crippen molar-refractivity contribution in [3.63, 3.8) is 0 Å². The van der Waals surface area contributed by atoms with Gasteiger partial charge < -0.3 is 14.6 Å². The summed E-state index contributed by atoms with van der Waals surface area (Å²) in [6.45, 7) is 5.43. The van der Waals surface area contributed by atoms with Crippen molar-refractivity contribution >= 4 is 16.8 Å². The number of hydrogen-bond donors (Lipinski definition) is 1. The fourth-order valence-corrected chi connectivity index (χ4v) is 2.72. The zero-order valence-corrected chi connectivity index (χ0v) is 13.1. The van der Waals surface area contributed by atoms with Crippen LogP contribution in [0.1, 0.15) is 37.0 Å². The van der Waals surface area contributed by atoms with Gasteiger partial charge in [-0.15, -0.1) is 0 Å². The molecule has 1 aromatic heterocycles. The van der Waals surface area contributed by atoms with Crippen LogP contribution in [-0.2, 0) is 4.74 Å². The molecule has 1 heterocycles. The van der Waals surface area contributed by atoms with Crippen molar-refractivity contribution < 1.29 is 9.53 Å². The monoisotopic (exact) mass is 288 g/mol. The first-order chi connectivity index (χ1) is 10.2. The molecule has 2 rings (SSSR count). The van der Waals surface area contributed by atoms with E-state index in [9.17, 15) is 4.79 Å². The lowest BCUT2D eigenvalue weighted by atomic mass is 10.1. The number of ether oxygens (including phenoxy) is 1. The summed E-state index contributed by atoms with van der Waals surface area (Å²) >= 11 is 0. The number of methoxy groups -OCH3 is 1. The Morgan fingerprint density at radius 1 is 1.29 bits per heavy atom. The van der Waals surface area contributed by atoms with Crippen molar-refractivity contribution in [2.24, 2.45) is 0 Å². The summed E-state index contributed by atoms with van der Waals surface area (Å²) in [6, 6.07) is 8.08. The number of fused-ring (bicyclic) bond motifs is 1. The minimum absolute atomic E-state index is 0.0808. The first-order valence-electron chi connectivity index (χ1n) is 7.58. The molecule has 0 aliphatic heterocycles. The Hall–Kier alpha value is -1.81. The molecule has 4 heteroatoms. The van der Waals surface area contributed by atoms with Crippen LogP contribution < -0.4 is 0 Å². The second-order valence-corrected chi connectivity index (χ2v) is 5.24. The molecule has 0 aliphatic carbocycles. The molecule has 0 unspecified atom stereocenters. The van der Waals surface area contributed by atoms with E-state index in [0.717, 1.165) is 29.3 Å². The summed E-state index contributed by atoms with van der Waals surface area (Å²) in [5, 5.41) is 1.12. The molecular weight excluding hydrogens is 264 g/mol. The Morgan fingerprint density at radius 2 is 2.05 bits per heavy atom. The molecule has 1 N–H and O–H groups in total. The molecule has 114 valence electrons. The Balaban J connectivity index is 2.26. The zero-order valence-electron chi connectivity index (χ0n) is 13.1. The highest BCUT2D eigenvalue weighted by atomic mass is 16.5. The van der Waals surface area contributed by atoms with Gasteiger partial charge in [-0.3, -0.25) is 4.79 Å². The number of rotatable bonds is 7. The molecule has 21 heavy (non-hydrogen) atoms. The van der Waals surface area contributed by atoms with E-state index in [4.69, 9.17) is 4.74 Å². The van der Waals surface area contributed by atoms with Crippen LogP contribution >= 0.6 is 0 Å². The second-order valence-electron chi connectivity index (χ2n) is 5.24. The summed E-state index contributed by atoms with van der Waals surface area (Å²) in [5.74, 6) is 0.0808. The SMILES string of the molecule is CCC(CC)N(CCOC)C(=O)c1ccc2cc[nH]c2c1. The van der Waals surface area contributed by atoms with Gasteiger partial charge in [0.05, 0.1) is 6.61 Å². The average Bonchev–Trinajstić information content (AvgIpc) is 2.98. The lowest BCUT2D eigenvalue weighted by Gasteiger charge is -2.30. The van der Waals surface area contributed by atoms with Crippen LogP contribution in [0.15, 0.2) is 30.5 Å². The third-order valence-electron chi connectivity index (χ3n) is 3.98. The van der Waals surface area contributed by atoms with Crippen molar-refractivity contribution in [1.82, 2.24) is 9.88 Å². The number of carbonyl (C=O) groups is 1. The first-order valence-corrected chi connectivity index (χ1v) is 7.58. The summed E-state index contributed by atoms with van der Waals surface area (Å²) in [7, 11) is 1.67. The molecule has 4 nitrogen and oxygen atoms in total. The molecule has 0 radical (unpaired) electrons. The van der Waals surface area contributed by atoms with Crippen LogP contribution in [0.3, 0.4) is 0 Å². The van der Waals surface area contributed by atoms with Crippen LogP contribution in [0.25, 0.3) is 10.9 Å². The van der Waals surface area contributed by atoms with Crippen molar-refractivity contribution in [2.75, 3.05) is 20.3 Å². The summed E-state index contributed by atoms with van der Waals surface area (Å²) in [4.78, 5) is 17.9. The molecule has 0 aliphatic rings. The van der Waals surface area contributed by atoms with Crippen molar-refractivity contribution in [2.45, 2.75) is 32.7 Å². The van der Waals surface area contributed by atoms with E-state index in [0.29, 0.717) is 13.2 Å². The number of nitrogens with zero attached hydrogens (tertiary/aromatic N) is 1. The van der Waals surface area contributed by atoms with E-state index in [1.807, 2.05) is 35.4 Å². The number of nitrogens with one attached hydrogen (secondary N) is 1. The quantitative estimate of drug-likeness (QED) is 0.848. The van der Waals surface area contributed by atoms with E-state index in [-0.39, 0.29) is 11.9 Å². The van der Waals surface area contributed by atoms with Crippen molar-refractivity contribution in [3.05, 3.63) is 36.0 Å². The lowest BCUT2D eigenvalue weighted by molar-refractivity contribution is 0.0589. The molecule has 1 aromatic carbocycles. The van der Waals surface area contributed by atoms with Crippen LogP contribution in [0.5, 0.6) is 0 Å². The normalized spacial score (nSPS) is 11.2. The Labute approximate surface area is 126 Å². The van der Waals surface area contributed by atoms with E-state index in [2.05, 4.69) is 18.8 Å². The van der Waals surface area contributed by atoms with E-state index in [1.165, 1.54) is 0 Å². The van der Waals surface area contributed by atoms with Gasteiger partial charge in [0.25, 0.3) is 5.91 Å². The maximum absolute atomic E-state index is 12.8. The largest absolute Gasteiger partial charge is 0.383 e. The lowest BCUT2D eigenvalue weighted by Crippen LogP contribution is -2.41. The predicted molar refractivity (Wildman–Crippen MR) is 85.6 cm³/mol. The minimum Gasteiger partial charge on any atom is -0.383 e. The van der Waals surface area contributed by atoms with Crippen LogP contribution in [-0.4, -0.2) is 42.1 Å². The highest BCUT2D eigenvalue weighted by molar-refractivity contribution is 5.98. The van der Waals surface area contributed by atoms with Crippen molar-refractivity contribution in [1.29, 1.82) is 0 Å². The molecule has 1 amide bonds. The van der Waals surface area contributed by atoms with Gasteiger partial charge in [-0.2, -0.15) is 0 Å². The third kappa shape index (κ3) is 3.45. The molecule has 2 aromatic rings. The zero-order chi connectivity index (χ0) is 15.2. The van der Waals surface area contributed by atoms with Gasteiger partial charge in [-0.1, -0.05) is 19.9 Å². The van der Waals surface area contributed by atoms with Gasteiger partial charge >= 0.3 is 0 Å². The first kappa shape index (κ1) is 15.6.